The molecule has 0 aromatic heterocycles. The predicted molar refractivity (Wildman–Crippen MR) is 106 cm³/mol. The van der Waals surface area contributed by atoms with Gasteiger partial charge in [0.1, 0.15) is 12.7 Å². The minimum absolute atomic E-state index is 0.0111. The maximum Gasteiger partial charge on any atom is 0.306 e. The van der Waals surface area contributed by atoms with Crippen molar-refractivity contribution in [2.45, 2.75) is 103 Å². The lowest BCUT2D eigenvalue weighted by molar-refractivity contribution is -0.297. The molecule has 0 spiro atoms. The highest BCUT2D eigenvalue weighted by Gasteiger charge is 2.52. The van der Waals surface area contributed by atoms with Gasteiger partial charge in [0.25, 0.3) is 0 Å². The van der Waals surface area contributed by atoms with Gasteiger partial charge in [-0.05, 0) is 19.3 Å². The van der Waals surface area contributed by atoms with Gasteiger partial charge in [-0.15, -0.1) is 0 Å². The Kier molecular flexibility index (Phi) is 12.1. The third kappa shape index (κ3) is 8.82. The van der Waals surface area contributed by atoms with Gasteiger partial charge >= 0.3 is 23.9 Å². The van der Waals surface area contributed by atoms with Crippen molar-refractivity contribution in [1.82, 2.24) is 0 Å². The van der Waals surface area contributed by atoms with Gasteiger partial charge in [0, 0.05) is 25.7 Å². The molecule has 0 saturated carbocycles. The summed E-state index contributed by atoms with van der Waals surface area (Å²) in [7, 11) is 0. The zero-order valence-electron chi connectivity index (χ0n) is 18.7. The highest BCUT2D eigenvalue weighted by Crippen LogP contribution is 2.29. The van der Waals surface area contributed by atoms with E-state index in [4.69, 9.17) is 23.7 Å². The fourth-order valence-electron chi connectivity index (χ4n) is 2.95. The standard InChI is InChI=1S/C21H34O10/c1-5-9-15(23)27-12-13-18(30-16(24)10-6-2)19(31-17(25)11-7-3)20(21(26)28-13)29-14(22)8-4/h13,18-21,26H,5-12H2,1-4H3/t13-,18-,19+,20-,21?/m1/s1. The van der Waals surface area contributed by atoms with E-state index in [2.05, 4.69) is 0 Å². The summed E-state index contributed by atoms with van der Waals surface area (Å²) in [5.41, 5.74) is 0. The number of aliphatic hydroxyl groups excluding tert-OH is 1. The topological polar surface area (TPSA) is 135 Å². The van der Waals surface area contributed by atoms with E-state index in [1.54, 1.807) is 20.8 Å². The van der Waals surface area contributed by atoms with Crippen molar-refractivity contribution in [2.24, 2.45) is 0 Å². The van der Waals surface area contributed by atoms with Crippen molar-refractivity contribution in [3.63, 3.8) is 0 Å². The third-order valence-electron chi connectivity index (χ3n) is 4.47. The lowest BCUT2D eigenvalue weighted by atomic mass is 9.98. The molecule has 1 fully saturated rings. The molecule has 178 valence electrons. The summed E-state index contributed by atoms with van der Waals surface area (Å²) in [4.78, 5) is 48.1. The molecule has 10 heteroatoms. The van der Waals surface area contributed by atoms with Crippen LogP contribution in [-0.4, -0.2) is 66.3 Å². The minimum atomic E-state index is -1.68. The molecule has 0 aromatic carbocycles. The van der Waals surface area contributed by atoms with Crippen molar-refractivity contribution in [2.75, 3.05) is 6.61 Å². The zero-order chi connectivity index (χ0) is 23.4. The number of aliphatic hydroxyl groups is 1. The number of esters is 4. The maximum absolute atomic E-state index is 12.2. The molecule has 1 rings (SSSR count). The number of hydrogen-bond acceptors (Lipinski definition) is 10. The van der Waals surface area contributed by atoms with Crippen LogP contribution in [0.3, 0.4) is 0 Å². The lowest BCUT2D eigenvalue weighted by Gasteiger charge is -2.42. The maximum atomic E-state index is 12.2. The molecule has 0 aliphatic carbocycles. The molecule has 0 bridgehead atoms. The second-order valence-electron chi connectivity index (χ2n) is 7.22. The lowest BCUT2D eigenvalue weighted by Crippen LogP contribution is -2.62. The first kappa shape index (κ1) is 26.8. The van der Waals surface area contributed by atoms with Crippen LogP contribution in [0.25, 0.3) is 0 Å². The molecule has 1 unspecified atom stereocenters. The van der Waals surface area contributed by atoms with Gasteiger partial charge in [0.2, 0.25) is 0 Å². The van der Waals surface area contributed by atoms with Crippen molar-refractivity contribution < 1.29 is 48.0 Å². The van der Waals surface area contributed by atoms with Gasteiger partial charge in [0.15, 0.2) is 24.6 Å². The van der Waals surface area contributed by atoms with Crippen LogP contribution >= 0.6 is 0 Å². The van der Waals surface area contributed by atoms with Crippen LogP contribution in [0.2, 0.25) is 0 Å². The number of carbonyl (C=O) groups is 4. The molecule has 10 nitrogen and oxygen atoms in total. The molecule has 1 saturated heterocycles. The van der Waals surface area contributed by atoms with Gasteiger partial charge in [-0.3, -0.25) is 19.2 Å². The van der Waals surface area contributed by atoms with E-state index in [-0.39, 0.29) is 32.3 Å². The average Bonchev–Trinajstić information content (AvgIpc) is 2.71. The summed E-state index contributed by atoms with van der Waals surface area (Å²) in [6.07, 6.45) is -4.81. The quantitative estimate of drug-likeness (QED) is 0.349. The summed E-state index contributed by atoms with van der Waals surface area (Å²) in [6.45, 7) is 6.61. The molecule has 0 radical (unpaired) electrons. The van der Waals surface area contributed by atoms with Crippen LogP contribution in [0.4, 0.5) is 0 Å². The van der Waals surface area contributed by atoms with Crippen LogP contribution in [-0.2, 0) is 42.9 Å². The van der Waals surface area contributed by atoms with Crippen LogP contribution in [0.5, 0.6) is 0 Å². The normalized spacial score (nSPS) is 25.4. The van der Waals surface area contributed by atoms with Gasteiger partial charge < -0.3 is 28.8 Å². The smallest absolute Gasteiger partial charge is 0.306 e. The summed E-state index contributed by atoms with van der Waals surface area (Å²) in [5, 5.41) is 10.4. The number of carbonyl (C=O) groups excluding carboxylic acids is 4. The van der Waals surface area contributed by atoms with Crippen molar-refractivity contribution in [3.8, 4) is 0 Å². The summed E-state index contributed by atoms with van der Waals surface area (Å²) in [5.74, 6) is -2.35. The summed E-state index contributed by atoms with van der Waals surface area (Å²) < 4.78 is 26.8. The van der Waals surface area contributed by atoms with Gasteiger partial charge in [-0.2, -0.15) is 0 Å². The predicted octanol–water partition coefficient (Wildman–Crippen LogP) is 1.79. The van der Waals surface area contributed by atoms with Crippen LogP contribution in [0, 0.1) is 0 Å². The number of ether oxygens (including phenoxy) is 5. The summed E-state index contributed by atoms with van der Waals surface area (Å²) >= 11 is 0. The second kappa shape index (κ2) is 14.0. The van der Waals surface area contributed by atoms with Gasteiger partial charge in [-0.1, -0.05) is 27.7 Å². The molecule has 1 aliphatic rings. The first-order valence-corrected chi connectivity index (χ1v) is 10.8. The Labute approximate surface area is 182 Å². The van der Waals surface area contributed by atoms with E-state index in [1.165, 1.54) is 0 Å². The van der Waals surface area contributed by atoms with Crippen LogP contribution in [0.15, 0.2) is 0 Å². The number of hydrogen-bond donors (Lipinski definition) is 1. The molecular weight excluding hydrogens is 412 g/mol. The molecule has 1 N–H and O–H groups in total. The van der Waals surface area contributed by atoms with E-state index >= 15 is 0 Å². The molecule has 31 heavy (non-hydrogen) atoms. The van der Waals surface area contributed by atoms with E-state index in [0.717, 1.165) is 0 Å². The van der Waals surface area contributed by atoms with Crippen molar-refractivity contribution >= 4 is 23.9 Å². The first-order chi connectivity index (χ1) is 14.8. The summed E-state index contributed by atoms with van der Waals surface area (Å²) in [6, 6.07) is 0. The molecule has 5 atom stereocenters. The van der Waals surface area contributed by atoms with E-state index in [9.17, 15) is 24.3 Å². The van der Waals surface area contributed by atoms with E-state index in [1.807, 2.05) is 6.92 Å². The largest absolute Gasteiger partial charge is 0.463 e. The number of rotatable bonds is 12. The van der Waals surface area contributed by atoms with Gasteiger partial charge in [-0.25, -0.2) is 0 Å². The molecule has 1 aliphatic heterocycles. The highest BCUT2D eigenvalue weighted by molar-refractivity contribution is 5.71. The molecule has 0 aromatic rings. The Bertz CT molecular complexity index is 605. The Morgan fingerprint density at radius 1 is 0.710 bits per heavy atom. The Morgan fingerprint density at radius 2 is 1.19 bits per heavy atom. The van der Waals surface area contributed by atoms with Crippen LogP contribution < -0.4 is 0 Å². The SMILES string of the molecule is CCCC(=O)OC[C@H]1OC(O)[C@H](OC(=O)CC)[C@@H](OC(=O)CCC)[C@@H]1OC(=O)CCC. The Morgan fingerprint density at radius 3 is 1.71 bits per heavy atom. The average molecular weight is 446 g/mol. The molecular formula is C21H34O10. The Hall–Kier alpha value is -2.20. The molecule has 0 amide bonds. The van der Waals surface area contributed by atoms with Gasteiger partial charge in [0.05, 0.1) is 0 Å². The minimum Gasteiger partial charge on any atom is -0.463 e. The molecule has 1 heterocycles. The third-order valence-corrected chi connectivity index (χ3v) is 4.47. The van der Waals surface area contributed by atoms with E-state index < -0.39 is 54.6 Å². The van der Waals surface area contributed by atoms with Crippen LogP contribution in [0.1, 0.15) is 72.6 Å². The van der Waals surface area contributed by atoms with E-state index in [0.29, 0.717) is 19.3 Å². The second-order valence-corrected chi connectivity index (χ2v) is 7.22. The fourth-order valence-corrected chi connectivity index (χ4v) is 2.95. The van der Waals surface area contributed by atoms with Crippen molar-refractivity contribution in [1.29, 1.82) is 0 Å². The first-order valence-electron chi connectivity index (χ1n) is 10.8. The van der Waals surface area contributed by atoms with Crippen molar-refractivity contribution in [3.05, 3.63) is 0 Å². The zero-order valence-corrected chi connectivity index (χ0v) is 18.7. The monoisotopic (exact) mass is 446 g/mol. The Balaban J connectivity index is 3.18. The highest BCUT2D eigenvalue weighted by atomic mass is 16.7. The fraction of sp³-hybridized carbons (Fsp3) is 0.810.